The zero-order chi connectivity index (χ0) is 17.4. The lowest BCUT2D eigenvalue weighted by Crippen LogP contribution is -2.37. The number of nitrogens with zero attached hydrogens (tertiary/aromatic N) is 3. The van der Waals surface area contributed by atoms with Gasteiger partial charge in [-0.2, -0.15) is 5.10 Å². The number of hydrogen-bond donors (Lipinski definition) is 2. The molecule has 2 rings (SSSR count). The third-order valence-electron chi connectivity index (χ3n) is 3.45. The van der Waals surface area contributed by atoms with Crippen molar-refractivity contribution in [1.82, 2.24) is 20.4 Å². The fourth-order valence-corrected chi connectivity index (χ4v) is 2.27. The lowest BCUT2D eigenvalue weighted by Gasteiger charge is -2.11. The van der Waals surface area contributed by atoms with E-state index in [1.54, 1.807) is 4.68 Å². The predicted molar refractivity (Wildman–Crippen MR) is 106 cm³/mol. The molecule has 0 atom stereocenters. The fraction of sp³-hybridized carbons (Fsp3) is 0.412. The Hall–Kier alpha value is -1.71. The molecule has 1 heterocycles. The van der Waals surface area contributed by atoms with Gasteiger partial charge in [0.2, 0.25) is 0 Å². The van der Waals surface area contributed by atoms with Gasteiger partial charge in [0.15, 0.2) is 5.96 Å². The van der Waals surface area contributed by atoms with Crippen LogP contribution in [0.1, 0.15) is 24.5 Å². The van der Waals surface area contributed by atoms with E-state index in [4.69, 9.17) is 0 Å². The first-order valence-corrected chi connectivity index (χ1v) is 8.02. The summed E-state index contributed by atoms with van der Waals surface area (Å²) in [6.45, 7) is 3.46. The number of halogens is 3. The number of benzene rings is 1. The molecule has 5 nitrogen and oxygen atoms in total. The van der Waals surface area contributed by atoms with Crippen LogP contribution in [-0.2, 0) is 20.0 Å². The topological polar surface area (TPSA) is 54.2 Å². The minimum absolute atomic E-state index is 0. The average molecular weight is 463 g/mol. The highest BCUT2D eigenvalue weighted by molar-refractivity contribution is 14.0. The molecule has 0 aliphatic carbocycles. The summed E-state index contributed by atoms with van der Waals surface area (Å²) in [5, 5.41) is 10.4. The predicted octanol–water partition coefficient (Wildman–Crippen LogP) is 3.00. The molecule has 0 aliphatic heterocycles. The normalized spacial score (nSPS) is 11.1. The van der Waals surface area contributed by atoms with Crippen LogP contribution in [0.3, 0.4) is 0 Å². The van der Waals surface area contributed by atoms with Gasteiger partial charge in [-0.25, -0.2) is 13.8 Å². The summed E-state index contributed by atoms with van der Waals surface area (Å²) in [4.78, 5) is 4.31. The van der Waals surface area contributed by atoms with Crippen LogP contribution in [0, 0.1) is 11.6 Å². The molecule has 25 heavy (non-hydrogen) atoms. The molecule has 1 aromatic carbocycles. The first-order valence-electron chi connectivity index (χ1n) is 8.02. The molecule has 8 heteroatoms. The van der Waals surface area contributed by atoms with Crippen molar-refractivity contribution in [1.29, 1.82) is 0 Å². The van der Waals surface area contributed by atoms with Gasteiger partial charge >= 0.3 is 0 Å². The molecule has 0 saturated carbocycles. The maximum Gasteiger partial charge on any atom is 0.191 e. The number of rotatable bonds is 7. The Labute approximate surface area is 163 Å². The van der Waals surface area contributed by atoms with E-state index in [1.165, 1.54) is 11.6 Å². The third-order valence-corrected chi connectivity index (χ3v) is 3.45. The van der Waals surface area contributed by atoms with Gasteiger partial charge < -0.3 is 10.6 Å². The molecule has 0 aliphatic rings. The van der Waals surface area contributed by atoms with Crippen molar-refractivity contribution in [3.05, 3.63) is 53.4 Å². The van der Waals surface area contributed by atoms with Crippen LogP contribution in [0.4, 0.5) is 8.78 Å². The SMILES string of the molecule is CCNC(=NCc1cc(F)ccc1F)NCCCc1cnn(C)c1.I. The molecule has 2 N–H and O–H groups in total. The van der Waals surface area contributed by atoms with Crippen molar-refractivity contribution >= 4 is 29.9 Å². The van der Waals surface area contributed by atoms with Crippen LogP contribution < -0.4 is 10.6 Å². The van der Waals surface area contributed by atoms with Crippen LogP contribution in [0.2, 0.25) is 0 Å². The van der Waals surface area contributed by atoms with Gasteiger partial charge in [0.1, 0.15) is 11.6 Å². The van der Waals surface area contributed by atoms with Crippen LogP contribution >= 0.6 is 24.0 Å². The lowest BCUT2D eigenvalue weighted by molar-refractivity contribution is 0.585. The van der Waals surface area contributed by atoms with Crippen LogP contribution in [0.25, 0.3) is 0 Å². The van der Waals surface area contributed by atoms with Gasteiger partial charge in [0.05, 0.1) is 12.7 Å². The van der Waals surface area contributed by atoms with Crippen LogP contribution in [0.15, 0.2) is 35.6 Å². The number of nitrogens with one attached hydrogen (secondary N) is 2. The van der Waals surface area contributed by atoms with Gasteiger partial charge in [-0.15, -0.1) is 24.0 Å². The van der Waals surface area contributed by atoms with E-state index in [9.17, 15) is 8.78 Å². The molecule has 0 radical (unpaired) electrons. The zero-order valence-corrected chi connectivity index (χ0v) is 16.8. The van der Waals surface area contributed by atoms with Crippen molar-refractivity contribution in [3.8, 4) is 0 Å². The molecule has 138 valence electrons. The molecule has 2 aromatic rings. The Balaban J connectivity index is 0.00000312. The molecular formula is C17H24F2IN5. The average Bonchev–Trinajstić information content (AvgIpc) is 2.97. The number of hydrogen-bond acceptors (Lipinski definition) is 2. The molecular weight excluding hydrogens is 439 g/mol. The summed E-state index contributed by atoms with van der Waals surface area (Å²) in [5.41, 5.74) is 1.42. The third kappa shape index (κ3) is 7.37. The molecule has 0 saturated heterocycles. The summed E-state index contributed by atoms with van der Waals surface area (Å²) < 4.78 is 28.6. The maximum absolute atomic E-state index is 13.6. The minimum Gasteiger partial charge on any atom is -0.357 e. The number of aromatic nitrogens is 2. The number of aryl methyl sites for hydroxylation is 2. The highest BCUT2D eigenvalue weighted by Crippen LogP contribution is 2.10. The molecule has 1 aromatic heterocycles. The van der Waals surface area contributed by atoms with Crippen LogP contribution in [-0.4, -0.2) is 28.8 Å². The van der Waals surface area contributed by atoms with E-state index in [0.29, 0.717) is 12.5 Å². The highest BCUT2D eigenvalue weighted by Gasteiger charge is 2.04. The number of aliphatic imine (C=N–C) groups is 1. The molecule has 0 unspecified atom stereocenters. The first kappa shape index (κ1) is 21.3. The van der Waals surface area contributed by atoms with Crippen LogP contribution in [0.5, 0.6) is 0 Å². The molecule has 0 spiro atoms. The summed E-state index contributed by atoms with van der Waals surface area (Å²) in [6, 6.07) is 3.39. The van der Waals surface area contributed by atoms with E-state index < -0.39 is 11.6 Å². The second-order valence-electron chi connectivity index (χ2n) is 5.48. The monoisotopic (exact) mass is 463 g/mol. The maximum atomic E-state index is 13.6. The van der Waals surface area contributed by atoms with E-state index >= 15 is 0 Å². The minimum atomic E-state index is -0.462. The van der Waals surface area contributed by atoms with Crippen molar-refractivity contribution in [2.45, 2.75) is 26.3 Å². The van der Waals surface area contributed by atoms with Crippen molar-refractivity contribution < 1.29 is 8.78 Å². The van der Waals surface area contributed by atoms with E-state index in [2.05, 4.69) is 20.7 Å². The quantitative estimate of drug-likeness (QED) is 0.288. The summed E-state index contributed by atoms with van der Waals surface area (Å²) in [5.74, 6) is -0.323. The molecule has 0 amide bonds. The lowest BCUT2D eigenvalue weighted by atomic mass is 10.2. The van der Waals surface area contributed by atoms with Gasteiger partial charge in [-0.3, -0.25) is 4.68 Å². The largest absolute Gasteiger partial charge is 0.357 e. The standard InChI is InChI=1S/C17H23F2N5.HI/c1-3-20-17(21-8-4-5-13-10-23-24(2)12-13)22-11-14-9-15(18)6-7-16(14)19;/h6-7,9-10,12H,3-5,8,11H2,1-2H3,(H2,20,21,22);1H. The van der Waals surface area contributed by atoms with E-state index in [1.807, 2.05) is 26.4 Å². The Morgan fingerprint density at radius 3 is 2.76 bits per heavy atom. The Morgan fingerprint density at radius 1 is 1.28 bits per heavy atom. The van der Waals surface area contributed by atoms with Crippen molar-refractivity contribution in [2.75, 3.05) is 13.1 Å². The Kier molecular flexibility index (Phi) is 9.40. The Bertz CT molecular complexity index is 687. The number of guanidine groups is 1. The summed E-state index contributed by atoms with van der Waals surface area (Å²) >= 11 is 0. The second-order valence-corrected chi connectivity index (χ2v) is 5.48. The van der Waals surface area contributed by atoms with E-state index in [-0.39, 0.29) is 36.1 Å². The Morgan fingerprint density at radius 2 is 2.08 bits per heavy atom. The van der Waals surface area contributed by atoms with Crippen molar-refractivity contribution in [2.24, 2.45) is 12.0 Å². The molecule has 0 fully saturated rings. The van der Waals surface area contributed by atoms with Gasteiger partial charge in [-0.1, -0.05) is 0 Å². The van der Waals surface area contributed by atoms with Crippen molar-refractivity contribution in [3.63, 3.8) is 0 Å². The summed E-state index contributed by atoms with van der Waals surface area (Å²) in [6.07, 6.45) is 5.68. The van der Waals surface area contributed by atoms with Gasteiger partial charge in [0.25, 0.3) is 0 Å². The highest BCUT2D eigenvalue weighted by atomic mass is 127. The fourth-order valence-electron chi connectivity index (χ4n) is 2.27. The second kappa shape index (κ2) is 11.0. The van der Waals surface area contributed by atoms with Gasteiger partial charge in [-0.05, 0) is 43.5 Å². The van der Waals surface area contributed by atoms with Gasteiger partial charge in [0, 0.05) is 31.9 Å². The zero-order valence-electron chi connectivity index (χ0n) is 14.4. The first-order chi connectivity index (χ1) is 11.6. The smallest absolute Gasteiger partial charge is 0.191 e. The molecule has 0 bridgehead atoms. The summed E-state index contributed by atoms with van der Waals surface area (Å²) in [7, 11) is 1.89. The van der Waals surface area contributed by atoms with E-state index in [0.717, 1.165) is 31.5 Å².